The monoisotopic (exact) mass is 657 g/mol. The van der Waals surface area contributed by atoms with Crippen molar-refractivity contribution in [3.05, 3.63) is 90.5 Å². The van der Waals surface area contributed by atoms with Crippen LogP contribution in [0.2, 0.25) is 0 Å². The topological polar surface area (TPSA) is 125 Å². The highest BCUT2D eigenvalue weighted by Gasteiger charge is 2.75. The van der Waals surface area contributed by atoms with Gasteiger partial charge >= 0.3 is 5.97 Å². The van der Waals surface area contributed by atoms with E-state index in [2.05, 4.69) is 18.5 Å². The minimum absolute atomic E-state index is 0.0428. The number of allylic oxidation sites excluding steroid dienone is 1. The Hall–Kier alpha value is -4.28. The van der Waals surface area contributed by atoms with Crippen LogP contribution in [0.1, 0.15) is 61.3 Å². The van der Waals surface area contributed by atoms with E-state index in [0.717, 1.165) is 16.8 Å². The number of aliphatic hydroxyl groups excluding tert-OH is 1. The lowest BCUT2D eigenvalue weighted by Gasteiger charge is -2.37. The maximum Gasteiger partial charge on any atom is 0.313 e. The first-order valence-electron chi connectivity index (χ1n) is 16.9. The molecule has 10 nitrogen and oxygen atoms in total. The van der Waals surface area contributed by atoms with Crippen molar-refractivity contribution in [2.75, 3.05) is 31.1 Å². The molecule has 256 valence electrons. The summed E-state index contributed by atoms with van der Waals surface area (Å²) in [4.78, 5) is 59.0. The van der Waals surface area contributed by atoms with E-state index in [1.165, 1.54) is 0 Å². The Kier molecular flexibility index (Phi) is 11.2. The van der Waals surface area contributed by atoms with Gasteiger partial charge in [0.1, 0.15) is 17.7 Å². The van der Waals surface area contributed by atoms with Gasteiger partial charge in [0.15, 0.2) is 0 Å². The van der Waals surface area contributed by atoms with E-state index < -0.39 is 41.7 Å². The van der Waals surface area contributed by atoms with E-state index in [4.69, 9.17) is 9.47 Å². The van der Waals surface area contributed by atoms with Crippen LogP contribution in [-0.4, -0.2) is 77.7 Å². The zero-order valence-electron chi connectivity index (χ0n) is 27.9. The number of esters is 1. The van der Waals surface area contributed by atoms with E-state index in [9.17, 15) is 24.3 Å². The molecule has 2 N–H and O–H groups in total. The van der Waals surface area contributed by atoms with Crippen LogP contribution in [0.5, 0.6) is 0 Å². The van der Waals surface area contributed by atoms with Crippen molar-refractivity contribution in [2.45, 2.75) is 76.2 Å². The van der Waals surface area contributed by atoms with E-state index >= 15 is 0 Å². The third-order valence-corrected chi connectivity index (χ3v) is 9.84. The van der Waals surface area contributed by atoms with Gasteiger partial charge in [-0.1, -0.05) is 54.6 Å². The molecule has 0 saturated carbocycles. The predicted molar refractivity (Wildman–Crippen MR) is 182 cm³/mol. The summed E-state index contributed by atoms with van der Waals surface area (Å²) in [6.45, 7) is 11.9. The van der Waals surface area contributed by atoms with Crippen molar-refractivity contribution >= 4 is 29.4 Å². The van der Waals surface area contributed by atoms with Gasteiger partial charge in [-0.15, -0.1) is 13.2 Å². The molecule has 3 amide bonds. The number of rotatable bonds is 16. The number of carbonyl (C=O) groups is 4. The molecule has 0 aromatic heterocycles. The second kappa shape index (κ2) is 15.3. The minimum Gasteiger partial charge on any atom is -0.455 e. The zero-order chi connectivity index (χ0) is 34.4. The summed E-state index contributed by atoms with van der Waals surface area (Å²) in [7, 11) is 0. The Morgan fingerprint density at radius 1 is 1.15 bits per heavy atom. The normalized spacial score (nSPS) is 24.6. The third-order valence-electron chi connectivity index (χ3n) is 9.84. The average molecular weight is 658 g/mol. The number of carbonyl (C=O) groups excluding carboxylic acids is 4. The summed E-state index contributed by atoms with van der Waals surface area (Å²) in [6, 6.07) is 14.1. The summed E-state index contributed by atoms with van der Waals surface area (Å²) >= 11 is 0. The van der Waals surface area contributed by atoms with Crippen LogP contribution in [0.4, 0.5) is 5.69 Å². The Balaban J connectivity index is 1.46. The molecule has 3 fully saturated rings. The average Bonchev–Trinajstić information content (AvgIpc) is 3.73. The van der Waals surface area contributed by atoms with Gasteiger partial charge in [0, 0.05) is 31.8 Å². The number of nitrogens with zero attached hydrogens (tertiary/aromatic N) is 2. The number of hydrogen-bond donors (Lipinski definition) is 2. The van der Waals surface area contributed by atoms with Crippen LogP contribution in [0, 0.1) is 25.7 Å². The molecular formula is C38H47N3O7. The van der Waals surface area contributed by atoms with Gasteiger partial charge in [-0.05, 0) is 68.7 Å². The summed E-state index contributed by atoms with van der Waals surface area (Å²) < 4.78 is 12.8. The van der Waals surface area contributed by atoms with E-state index in [1.54, 1.807) is 22.0 Å². The highest BCUT2D eigenvalue weighted by molar-refractivity contribution is 6.05. The predicted octanol–water partition coefficient (Wildman–Crippen LogP) is 4.34. The van der Waals surface area contributed by atoms with Gasteiger partial charge in [-0.25, -0.2) is 0 Å². The highest BCUT2D eigenvalue weighted by atomic mass is 16.6. The maximum absolute atomic E-state index is 14.8. The first kappa shape index (κ1) is 35.0. The minimum atomic E-state index is -1.21. The Labute approximate surface area is 282 Å². The van der Waals surface area contributed by atoms with Gasteiger partial charge in [-0.2, -0.15) is 0 Å². The molecule has 3 aliphatic heterocycles. The molecule has 3 saturated heterocycles. The fraction of sp³-hybridized carbons (Fsp3) is 0.474. The van der Waals surface area contributed by atoms with Crippen molar-refractivity contribution in [3.8, 4) is 0 Å². The van der Waals surface area contributed by atoms with Crippen molar-refractivity contribution in [1.29, 1.82) is 0 Å². The Morgan fingerprint density at radius 3 is 2.62 bits per heavy atom. The van der Waals surface area contributed by atoms with Crippen molar-refractivity contribution in [2.24, 2.45) is 11.8 Å². The molecule has 2 aromatic rings. The number of ether oxygens (including phenoxy) is 2. The number of anilines is 1. The van der Waals surface area contributed by atoms with Crippen LogP contribution in [0.15, 0.2) is 73.8 Å². The third kappa shape index (κ3) is 6.82. The van der Waals surface area contributed by atoms with E-state index in [0.29, 0.717) is 37.7 Å². The SMILES string of the molecule is C=CCCC(=O)NC[C@H](OC(=O)[C@@H]1[C@@H]2CC[C@]3(O2)[C@H](C(=O)N(CC=C)c2cc(C)ccc2C)N(CCCCO)C(=O)[C@@H]13)c1ccccc1. The van der Waals surface area contributed by atoms with Gasteiger partial charge in [0.25, 0.3) is 5.91 Å². The van der Waals surface area contributed by atoms with Crippen molar-refractivity contribution < 1.29 is 33.8 Å². The molecule has 2 aromatic carbocycles. The smallest absolute Gasteiger partial charge is 0.313 e. The van der Waals surface area contributed by atoms with Crippen LogP contribution in [0.3, 0.4) is 0 Å². The number of amides is 3. The molecule has 1 spiro atoms. The maximum atomic E-state index is 14.8. The Morgan fingerprint density at radius 2 is 1.92 bits per heavy atom. The first-order valence-corrected chi connectivity index (χ1v) is 16.9. The Bertz CT molecular complexity index is 1530. The number of likely N-dealkylation sites (tertiary alicyclic amines) is 1. The van der Waals surface area contributed by atoms with Crippen LogP contribution >= 0.6 is 0 Å². The first-order chi connectivity index (χ1) is 23.2. The molecule has 6 atom stereocenters. The van der Waals surface area contributed by atoms with Crippen LogP contribution in [0.25, 0.3) is 0 Å². The highest BCUT2D eigenvalue weighted by Crippen LogP contribution is 2.59. The lowest BCUT2D eigenvalue weighted by molar-refractivity contribution is -0.160. The number of benzene rings is 2. The van der Waals surface area contributed by atoms with E-state index in [1.807, 2.05) is 62.4 Å². The fourth-order valence-corrected chi connectivity index (χ4v) is 7.57. The second-order valence-corrected chi connectivity index (χ2v) is 13.0. The van der Waals surface area contributed by atoms with Gasteiger partial charge in [-0.3, -0.25) is 19.2 Å². The number of fused-ring (bicyclic) bond motifs is 1. The molecule has 2 bridgehead atoms. The number of aliphatic hydroxyl groups is 1. The fourth-order valence-electron chi connectivity index (χ4n) is 7.57. The second-order valence-electron chi connectivity index (χ2n) is 13.0. The number of hydrogen-bond acceptors (Lipinski definition) is 7. The van der Waals surface area contributed by atoms with Crippen molar-refractivity contribution in [1.82, 2.24) is 10.2 Å². The lowest BCUT2D eigenvalue weighted by atomic mass is 9.70. The summed E-state index contributed by atoms with van der Waals surface area (Å²) in [5, 5.41) is 12.4. The molecule has 10 heteroatoms. The van der Waals surface area contributed by atoms with Gasteiger partial charge in [0.05, 0.1) is 24.5 Å². The molecule has 3 aliphatic rings. The van der Waals surface area contributed by atoms with Crippen molar-refractivity contribution in [3.63, 3.8) is 0 Å². The number of unbranched alkanes of at least 4 members (excludes halogenated alkanes) is 1. The summed E-state index contributed by atoms with van der Waals surface area (Å²) in [5.41, 5.74) is 2.12. The quantitative estimate of drug-likeness (QED) is 0.156. The number of nitrogens with one attached hydrogen (secondary N) is 1. The van der Waals surface area contributed by atoms with Crippen LogP contribution in [-0.2, 0) is 28.7 Å². The largest absolute Gasteiger partial charge is 0.455 e. The lowest BCUT2D eigenvalue weighted by Crippen LogP contribution is -2.56. The van der Waals surface area contributed by atoms with Gasteiger partial charge in [0.2, 0.25) is 11.8 Å². The molecule has 0 aliphatic carbocycles. The molecule has 3 heterocycles. The van der Waals surface area contributed by atoms with Gasteiger partial charge < -0.3 is 29.7 Å². The van der Waals surface area contributed by atoms with Crippen LogP contribution < -0.4 is 10.2 Å². The molecule has 0 radical (unpaired) electrons. The standard InChI is InChI=1S/C38H47N3O7/c1-5-7-15-31(43)39-24-30(27-13-9-8-10-14-27)47-37(46)32-29-18-19-38(48-29)33(32)35(44)41(21-11-12-22-42)34(38)36(45)40(20-6-2)28-23-25(3)16-17-26(28)4/h5-6,8-10,13-14,16-17,23,29-30,32-34,42H,1-2,7,11-12,15,18-22,24H2,3-4H3,(H,39,43)/t29-,30-,32+,33+,34-,38+/m0/s1. The summed E-state index contributed by atoms with van der Waals surface area (Å²) in [6.07, 6.45) is 4.63. The number of aryl methyl sites for hydroxylation is 2. The summed E-state index contributed by atoms with van der Waals surface area (Å²) in [5.74, 6) is -3.20. The molecular weight excluding hydrogens is 610 g/mol. The molecule has 0 unspecified atom stereocenters. The molecule has 48 heavy (non-hydrogen) atoms. The molecule has 5 rings (SSSR count). The van der Waals surface area contributed by atoms with E-state index in [-0.39, 0.29) is 50.4 Å². The zero-order valence-corrected chi connectivity index (χ0v) is 27.9.